The van der Waals surface area contributed by atoms with E-state index in [-0.39, 0.29) is 5.91 Å². The summed E-state index contributed by atoms with van der Waals surface area (Å²) in [6, 6.07) is 5.42. The number of carbonyl (C=O) groups excluding carboxylic acids is 1. The second kappa shape index (κ2) is 5.07. The van der Waals surface area contributed by atoms with Crippen LogP contribution in [0.15, 0.2) is 24.4 Å². The summed E-state index contributed by atoms with van der Waals surface area (Å²) in [6.45, 7) is 2.36. The number of likely N-dealkylation sites (tertiary alicyclic amines) is 1. The average Bonchev–Trinajstić information content (AvgIpc) is 2.78. The molecule has 1 aliphatic rings. The van der Waals surface area contributed by atoms with Crippen molar-refractivity contribution in [1.29, 1.82) is 0 Å². The Labute approximate surface area is 95.5 Å². The van der Waals surface area contributed by atoms with E-state index in [1.54, 1.807) is 12.3 Å². The van der Waals surface area contributed by atoms with E-state index in [1.807, 2.05) is 17.0 Å². The standard InChI is InChI=1S/C12H17N3O/c13-6-4-10-5-8-15(9-10)12(16)11-3-1-2-7-14-11/h1-3,7,10H,4-6,8-9,13H2. The number of amides is 1. The molecule has 0 saturated carbocycles. The van der Waals surface area contributed by atoms with Crippen LogP contribution in [0.5, 0.6) is 0 Å². The van der Waals surface area contributed by atoms with E-state index in [2.05, 4.69) is 4.98 Å². The smallest absolute Gasteiger partial charge is 0.272 e. The number of aromatic nitrogens is 1. The van der Waals surface area contributed by atoms with E-state index < -0.39 is 0 Å². The first-order valence-electron chi connectivity index (χ1n) is 5.71. The van der Waals surface area contributed by atoms with Crippen LogP contribution in [0.1, 0.15) is 23.3 Å². The molecule has 0 radical (unpaired) electrons. The summed E-state index contributed by atoms with van der Waals surface area (Å²) in [4.78, 5) is 18.0. The van der Waals surface area contributed by atoms with Gasteiger partial charge in [-0.3, -0.25) is 9.78 Å². The van der Waals surface area contributed by atoms with Crippen LogP contribution in [-0.2, 0) is 0 Å². The minimum atomic E-state index is 0.0418. The van der Waals surface area contributed by atoms with Crippen LogP contribution >= 0.6 is 0 Å². The number of hydrogen-bond acceptors (Lipinski definition) is 3. The van der Waals surface area contributed by atoms with Crippen molar-refractivity contribution >= 4 is 5.91 Å². The molecule has 0 bridgehead atoms. The Kier molecular flexibility index (Phi) is 3.51. The highest BCUT2D eigenvalue weighted by molar-refractivity contribution is 5.92. The molecule has 2 N–H and O–H groups in total. The predicted molar refractivity (Wildman–Crippen MR) is 61.9 cm³/mol. The monoisotopic (exact) mass is 219 g/mol. The molecule has 1 aliphatic heterocycles. The lowest BCUT2D eigenvalue weighted by Crippen LogP contribution is -2.29. The molecule has 2 heterocycles. The van der Waals surface area contributed by atoms with E-state index in [9.17, 15) is 4.79 Å². The van der Waals surface area contributed by atoms with Gasteiger partial charge in [-0.25, -0.2) is 0 Å². The summed E-state index contributed by atoms with van der Waals surface area (Å²) in [5.41, 5.74) is 6.06. The molecule has 1 amide bonds. The molecule has 4 heteroatoms. The van der Waals surface area contributed by atoms with Gasteiger partial charge in [0.15, 0.2) is 0 Å². The van der Waals surface area contributed by atoms with E-state index >= 15 is 0 Å². The van der Waals surface area contributed by atoms with E-state index in [1.165, 1.54) is 0 Å². The molecule has 1 saturated heterocycles. The Balaban J connectivity index is 1.97. The van der Waals surface area contributed by atoms with Gasteiger partial charge >= 0.3 is 0 Å². The largest absolute Gasteiger partial charge is 0.337 e. The molecule has 0 aliphatic carbocycles. The highest BCUT2D eigenvalue weighted by Crippen LogP contribution is 2.20. The molecular weight excluding hydrogens is 202 g/mol. The molecule has 1 unspecified atom stereocenters. The van der Waals surface area contributed by atoms with Gasteiger partial charge in [-0.05, 0) is 37.4 Å². The summed E-state index contributed by atoms with van der Waals surface area (Å²) in [7, 11) is 0. The highest BCUT2D eigenvalue weighted by Gasteiger charge is 2.26. The summed E-state index contributed by atoms with van der Waals surface area (Å²) in [6.07, 6.45) is 3.72. The zero-order valence-electron chi connectivity index (χ0n) is 9.30. The van der Waals surface area contributed by atoms with Crippen molar-refractivity contribution in [2.45, 2.75) is 12.8 Å². The summed E-state index contributed by atoms with van der Waals surface area (Å²) in [5, 5.41) is 0. The fourth-order valence-corrected chi connectivity index (χ4v) is 2.14. The van der Waals surface area contributed by atoms with Crippen LogP contribution in [0.2, 0.25) is 0 Å². The second-order valence-corrected chi connectivity index (χ2v) is 4.20. The Morgan fingerprint density at radius 2 is 2.44 bits per heavy atom. The van der Waals surface area contributed by atoms with Crippen LogP contribution < -0.4 is 5.73 Å². The number of hydrogen-bond donors (Lipinski definition) is 1. The van der Waals surface area contributed by atoms with Crippen LogP contribution in [0.4, 0.5) is 0 Å². The third kappa shape index (κ3) is 2.39. The zero-order chi connectivity index (χ0) is 11.4. The zero-order valence-corrected chi connectivity index (χ0v) is 9.30. The Hall–Kier alpha value is -1.42. The molecule has 1 aromatic heterocycles. The van der Waals surface area contributed by atoms with E-state index in [4.69, 9.17) is 5.73 Å². The molecule has 16 heavy (non-hydrogen) atoms. The number of rotatable bonds is 3. The van der Waals surface area contributed by atoms with Gasteiger partial charge in [-0.15, -0.1) is 0 Å². The second-order valence-electron chi connectivity index (χ2n) is 4.20. The van der Waals surface area contributed by atoms with E-state index in [0.717, 1.165) is 25.9 Å². The molecule has 2 rings (SSSR count). The number of carbonyl (C=O) groups is 1. The van der Waals surface area contributed by atoms with Crippen molar-refractivity contribution in [2.75, 3.05) is 19.6 Å². The molecule has 86 valence electrons. The molecule has 1 fully saturated rings. The first-order valence-corrected chi connectivity index (χ1v) is 5.71. The van der Waals surface area contributed by atoms with Crippen LogP contribution in [0, 0.1) is 5.92 Å². The lowest BCUT2D eigenvalue weighted by molar-refractivity contribution is 0.0781. The van der Waals surface area contributed by atoms with Gasteiger partial charge in [-0.2, -0.15) is 0 Å². The maximum Gasteiger partial charge on any atom is 0.272 e. The maximum absolute atomic E-state index is 12.0. The summed E-state index contributed by atoms with van der Waals surface area (Å²) >= 11 is 0. The average molecular weight is 219 g/mol. The fourth-order valence-electron chi connectivity index (χ4n) is 2.14. The van der Waals surface area contributed by atoms with Crippen molar-refractivity contribution in [3.8, 4) is 0 Å². The third-order valence-electron chi connectivity index (χ3n) is 3.03. The van der Waals surface area contributed by atoms with Crippen LogP contribution in [0.25, 0.3) is 0 Å². The molecule has 1 atom stereocenters. The minimum Gasteiger partial charge on any atom is -0.337 e. The highest BCUT2D eigenvalue weighted by atomic mass is 16.2. The van der Waals surface area contributed by atoms with Gasteiger partial charge < -0.3 is 10.6 Å². The normalized spacial score (nSPS) is 20.1. The summed E-state index contributed by atoms with van der Waals surface area (Å²) in [5.74, 6) is 0.609. The molecular formula is C12H17N3O. The lowest BCUT2D eigenvalue weighted by Gasteiger charge is -2.15. The van der Waals surface area contributed by atoms with Crippen molar-refractivity contribution in [2.24, 2.45) is 11.7 Å². The van der Waals surface area contributed by atoms with Gasteiger partial charge in [0.25, 0.3) is 5.91 Å². The Morgan fingerprint density at radius 1 is 1.56 bits per heavy atom. The maximum atomic E-state index is 12.0. The van der Waals surface area contributed by atoms with Gasteiger partial charge in [0.05, 0.1) is 0 Å². The Bertz CT molecular complexity index is 353. The fraction of sp³-hybridized carbons (Fsp3) is 0.500. The first kappa shape index (κ1) is 11.1. The van der Waals surface area contributed by atoms with Crippen LogP contribution in [0.3, 0.4) is 0 Å². The topological polar surface area (TPSA) is 59.2 Å². The van der Waals surface area contributed by atoms with E-state index in [0.29, 0.717) is 18.2 Å². The van der Waals surface area contributed by atoms with Crippen molar-refractivity contribution in [1.82, 2.24) is 9.88 Å². The molecule has 4 nitrogen and oxygen atoms in total. The molecule has 0 spiro atoms. The van der Waals surface area contributed by atoms with Gasteiger partial charge in [0.1, 0.15) is 5.69 Å². The minimum absolute atomic E-state index is 0.0418. The van der Waals surface area contributed by atoms with Gasteiger partial charge in [0.2, 0.25) is 0 Å². The van der Waals surface area contributed by atoms with Crippen LogP contribution in [-0.4, -0.2) is 35.4 Å². The number of pyridine rings is 1. The quantitative estimate of drug-likeness (QED) is 0.821. The summed E-state index contributed by atoms with van der Waals surface area (Å²) < 4.78 is 0. The van der Waals surface area contributed by atoms with Gasteiger partial charge in [0, 0.05) is 19.3 Å². The predicted octanol–water partition coefficient (Wildman–Crippen LogP) is 0.893. The molecule has 1 aromatic rings. The SMILES string of the molecule is NCCC1CCN(C(=O)c2ccccn2)C1. The van der Waals surface area contributed by atoms with Crippen molar-refractivity contribution in [3.05, 3.63) is 30.1 Å². The Morgan fingerprint density at radius 3 is 3.12 bits per heavy atom. The lowest BCUT2D eigenvalue weighted by atomic mass is 10.1. The number of nitrogens with two attached hydrogens (primary N) is 1. The third-order valence-corrected chi connectivity index (χ3v) is 3.03. The number of nitrogens with zero attached hydrogens (tertiary/aromatic N) is 2. The van der Waals surface area contributed by atoms with Crippen molar-refractivity contribution < 1.29 is 4.79 Å². The van der Waals surface area contributed by atoms with Gasteiger partial charge in [-0.1, -0.05) is 6.07 Å². The first-order chi connectivity index (χ1) is 7.81. The molecule has 0 aromatic carbocycles. The van der Waals surface area contributed by atoms with Crippen molar-refractivity contribution in [3.63, 3.8) is 0 Å².